The van der Waals surface area contributed by atoms with Gasteiger partial charge < -0.3 is 14.7 Å². The van der Waals surface area contributed by atoms with Crippen molar-refractivity contribution in [1.29, 1.82) is 0 Å². The largest absolute Gasteiger partial charge is 0.466 e. The van der Waals surface area contributed by atoms with Gasteiger partial charge in [-0.2, -0.15) is 0 Å². The van der Waals surface area contributed by atoms with Gasteiger partial charge in [0.2, 0.25) is 12.1 Å². The normalized spacial score (nSPS) is 21.5. The number of imide groups is 1. The molecule has 4 rings (SSSR count). The lowest BCUT2D eigenvalue weighted by molar-refractivity contribution is -0.125. The molecule has 1 saturated carbocycles. The van der Waals surface area contributed by atoms with E-state index in [2.05, 4.69) is 5.32 Å². The number of carbonyl (C=O) groups excluding carboxylic acids is 2. The van der Waals surface area contributed by atoms with Crippen LogP contribution in [0.3, 0.4) is 0 Å². The van der Waals surface area contributed by atoms with Crippen LogP contribution in [0.1, 0.15) is 32.1 Å². The van der Waals surface area contributed by atoms with Gasteiger partial charge in [0, 0.05) is 34.7 Å². The Morgan fingerprint density at radius 3 is 2.30 bits per heavy atom. The van der Waals surface area contributed by atoms with Crippen molar-refractivity contribution in [2.75, 3.05) is 18.0 Å². The molecule has 9 heteroatoms. The van der Waals surface area contributed by atoms with Crippen LogP contribution < -0.4 is 15.0 Å². The lowest BCUT2D eigenvalue weighted by atomic mass is 9.89. The average molecular weight is 492 g/mol. The van der Waals surface area contributed by atoms with Crippen molar-refractivity contribution in [1.82, 2.24) is 10.2 Å². The topological polar surface area (TPSA) is 82.1 Å². The molecule has 7 nitrogen and oxygen atoms in total. The second-order valence-corrected chi connectivity index (χ2v) is 9.25. The van der Waals surface area contributed by atoms with Crippen molar-refractivity contribution < 1.29 is 19.4 Å². The third kappa shape index (κ3) is 5.72. The number of hydrogen-bond acceptors (Lipinski definition) is 5. The van der Waals surface area contributed by atoms with Gasteiger partial charge in [-0.25, -0.2) is 4.79 Å². The van der Waals surface area contributed by atoms with Crippen molar-refractivity contribution in [3.63, 3.8) is 0 Å². The maximum atomic E-state index is 12.9. The highest BCUT2D eigenvalue weighted by Gasteiger charge is 2.40. The van der Waals surface area contributed by atoms with Crippen LogP contribution in [0.2, 0.25) is 10.0 Å². The van der Waals surface area contributed by atoms with Gasteiger partial charge in [0.1, 0.15) is 5.75 Å². The number of nitrogens with one attached hydrogen (secondary N) is 1. The number of aliphatic hydroxyl groups is 1. The summed E-state index contributed by atoms with van der Waals surface area (Å²) in [6, 6.07) is 13.6. The van der Waals surface area contributed by atoms with Crippen LogP contribution in [0.15, 0.2) is 48.5 Å². The number of halogens is 2. The summed E-state index contributed by atoms with van der Waals surface area (Å²) in [4.78, 5) is 28.6. The molecule has 2 aromatic rings. The summed E-state index contributed by atoms with van der Waals surface area (Å²) in [5.74, 6) is -0.0828. The molecule has 1 aliphatic heterocycles. The summed E-state index contributed by atoms with van der Waals surface area (Å²) in [6.45, 7) is 0.612. The van der Waals surface area contributed by atoms with Crippen LogP contribution in [0.4, 0.5) is 10.5 Å². The summed E-state index contributed by atoms with van der Waals surface area (Å²) < 4.78 is 6.10. The monoisotopic (exact) mass is 491 g/mol. The second-order valence-electron chi connectivity index (χ2n) is 8.38. The van der Waals surface area contributed by atoms with Gasteiger partial charge in [-0.1, -0.05) is 60.7 Å². The Hall–Kier alpha value is -2.48. The smallest absolute Gasteiger partial charge is 0.326 e. The van der Waals surface area contributed by atoms with Gasteiger partial charge in [0.25, 0.3) is 0 Å². The summed E-state index contributed by atoms with van der Waals surface area (Å²) in [6.07, 6.45) is 2.38. The molecule has 176 valence electrons. The average Bonchev–Trinajstić information content (AvgIpc) is 2.80. The molecule has 2 atom stereocenters. The predicted octanol–water partition coefficient (Wildman–Crippen LogP) is 4.66. The molecule has 0 spiro atoms. The van der Waals surface area contributed by atoms with E-state index in [1.165, 1.54) is 4.90 Å². The van der Waals surface area contributed by atoms with Crippen molar-refractivity contribution in [2.24, 2.45) is 5.92 Å². The van der Waals surface area contributed by atoms with Gasteiger partial charge in [-0.05, 0) is 43.2 Å². The Bertz CT molecular complexity index is 965. The molecule has 3 amide bonds. The zero-order valence-electron chi connectivity index (χ0n) is 18.1. The minimum atomic E-state index is -1.34. The molecule has 2 unspecified atom stereocenters. The number of rotatable bonds is 4. The molecule has 0 radical (unpaired) electrons. The highest BCUT2D eigenvalue weighted by atomic mass is 35.5. The minimum Gasteiger partial charge on any atom is -0.466 e. The fraction of sp³-hybridized carbons (Fsp3) is 0.417. The van der Waals surface area contributed by atoms with Crippen molar-refractivity contribution in [3.05, 3.63) is 58.6 Å². The number of para-hydroxylation sites is 1. The van der Waals surface area contributed by atoms with Gasteiger partial charge in [-0.15, -0.1) is 0 Å². The molecule has 2 aromatic carbocycles. The predicted molar refractivity (Wildman–Crippen MR) is 127 cm³/mol. The molecule has 33 heavy (non-hydrogen) atoms. The van der Waals surface area contributed by atoms with E-state index in [1.54, 1.807) is 18.2 Å². The summed E-state index contributed by atoms with van der Waals surface area (Å²) in [5, 5.41) is 14.4. The van der Waals surface area contributed by atoms with Crippen LogP contribution in [0.5, 0.6) is 5.75 Å². The summed E-state index contributed by atoms with van der Waals surface area (Å²) in [7, 11) is 0. The van der Waals surface area contributed by atoms with Gasteiger partial charge >= 0.3 is 6.03 Å². The van der Waals surface area contributed by atoms with E-state index < -0.39 is 18.5 Å². The van der Waals surface area contributed by atoms with E-state index >= 15 is 0 Å². The summed E-state index contributed by atoms with van der Waals surface area (Å²) in [5.41, 5.74) is 0.827. The van der Waals surface area contributed by atoms with Gasteiger partial charge in [-0.3, -0.25) is 15.0 Å². The van der Waals surface area contributed by atoms with Crippen LogP contribution in [0, 0.1) is 5.92 Å². The molecule has 1 heterocycles. The van der Waals surface area contributed by atoms with E-state index in [9.17, 15) is 14.7 Å². The Morgan fingerprint density at radius 1 is 0.970 bits per heavy atom. The van der Waals surface area contributed by atoms with Crippen LogP contribution in [-0.4, -0.2) is 47.5 Å². The molecule has 2 N–H and O–H groups in total. The fourth-order valence-corrected chi connectivity index (χ4v) is 4.92. The standard InChI is InChI=1S/C24H27Cl2N3O4/c25-17-13-18(26)15-20(14-17)33-23-22(31)29(12-11-28(23)19-9-5-2-6-10-19)24(32)27-21(30)16-7-3-1-4-8-16/h2,5-6,9-10,13-16,22-23,31H,1,3-4,7-8,11-12H2,(H,27,30,32). The lowest BCUT2D eigenvalue weighted by Gasteiger charge is -2.45. The number of nitrogens with zero attached hydrogens (tertiary/aromatic N) is 2. The Labute approximate surface area is 203 Å². The Balaban J connectivity index is 1.53. The van der Waals surface area contributed by atoms with E-state index in [1.807, 2.05) is 35.2 Å². The van der Waals surface area contributed by atoms with E-state index in [-0.39, 0.29) is 18.4 Å². The first-order chi connectivity index (χ1) is 15.9. The summed E-state index contributed by atoms with van der Waals surface area (Å²) >= 11 is 12.2. The van der Waals surface area contributed by atoms with E-state index in [0.29, 0.717) is 22.3 Å². The maximum Gasteiger partial charge on any atom is 0.326 e. The van der Waals surface area contributed by atoms with Crippen LogP contribution >= 0.6 is 23.2 Å². The quantitative estimate of drug-likeness (QED) is 0.649. The SMILES string of the molecule is O=C(NC(=O)N1CCN(c2ccccc2)C(Oc2cc(Cl)cc(Cl)c2)C1O)C1CCCCC1. The second kappa shape index (κ2) is 10.6. The number of amides is 3. The zero-order chi connectivity index (χ0) is 23.4. The number of piperazine rings is 1. The molecule has 1 aliphatic carbocycles. The molecule has 0 aromatic heterocycles. The number of aliphatic hydroxyl groups excluding tert-OH is 1. The van der Waals surface area contributed by atoms with Crippen molar-refractivity contribution >= 4 is 40.8 Å². The molecular weight excluding hydrogens is 465 g/mol. The lowest BCUT2D eigenvalue weighted by Crippen LogP contribution is -2.65. The van der Waals surface area contributed by atoms with E-state index in [4.69, 9.17) is 27.9 Å². The Morgan fingerprint density at radius 2 is 1.64 bits per heavy atom. The molecule has 2 fully saturated rings. The molecule has 0 bridgehead atoms. The number of urea groups is 1. The number of anilines is 1. The third-order valence-corrected chi connectivity index (χ3v) is 6.55. The first-order valence-electron chi connectivity index (χ1n) is 11.2. The highest BCUT2D eigenvalue weighted by molar-refractivity contribution is 6.34. The Kier molecular flexibility index (Phi) is 7.63. The number of benzene rings is 2. The fourth-order valence-electron chi connectivity index (χ4n) is 4.41. The van der Waals surface area contributed by atoms with Crippen LogP contribution in [0.25, 0.3) is 0 Å². The molecule has 1 saturated heterocycles. The van der Waals surface area contributed by atoms with Crippen molar-refractivity contribution in [3.8, 4) is 5.75 Å². The first kappa shape index (κ1) is 23.7. The van der Waals surface area contributed by atoms with Crippen LogP contribution in [-0.2, 0) is 4.79 Å². The number of carbonyl (C=O) groups is 2. The number of ether oxygens (including phenoxy) is 1. The highest BCUT2D eigenvalue weighted by Crippen LogP contribution is 2.30. The van der Waals surface area contributed by atoms with Crippen molar-refractivity contribution in [2.45, 2.75) is 44.6 Å². The molecule has 2 aliphatic rings. The van der Waals surface area contributed by atoms with Gasteiger partial charge in [0.15, 0.2) is 6.23 Å². The first-order valence-corrected chi connectivity index (χ1v) is 11.9. The maximum absolute atomic E-state index is 12.9. The van der Waals surface area contributed by atoms with E-state index in [0.717, 1.165) is 37.8 Å². The minimum absolute atomic E-state index is 0.161. The third-order valence-electron chi connectivity index (χ3n) is 6.11. The molecular formula is C24H27Cl2N3O4. The number of hydrogen-bond donors (Lipinski definition) is 2. The van der Waals surface area contributed by atoms with Gasteiger partial charge in [0.05, 0.1) is 0 Å². The zero-order valence-corrected chi connectivity index (χ0v) is 19.6.